The predicted octanol–water partition coefficient (Wildman–Crippen LogP) is 2.05. The molecular formula is C19H20N6O2. The summed E-state index contributed by atoms with van der Waals surface area (Å²) in [6.07, 6.45) is 10.0. The minimum Gasteiger partial charge on any atom is -0.349 e. The van der Waals surface area contributed by atoms with Crippen molar-refractivity contribution in [2.24, 2.45) is 0 Å². The Morgan fingerprint density at radius 3 is 3.07 bits per heavy atom. The number of rotatable bonds is 7. The minimum atomic E-state index is -0.0360. The lowest BCUT2D eigenvalue weighted by Gasteiger charge is -2.05. The van der Waals surface area contributed by atoms with Crippen molar-refractivity contribution < 1.29 is 9.32 Å². The Hall–Kier alpha value is -3.16. The lowest BCUT2D eigenvalue weighted by atomic mass is 10.2. The zero-order valence-corrected chi connectivity index (χ0v) is 14.9. The van der Waals surface area contributed by atoms with E-state index in [2.05, 4.69) is 30.4 Å². The van der Waals surface area contributed by atoms with Gasteiger partial charge in [0.25, 0.3) is 0 Å². The molecule has 0 aliphatic heterocycles. The molecule has 0 bridgehead atoms. The van der Waals surface area contributed by atoms with Gasteiger partial charge in [0.1, 0.15) is 5.82 Å². The van der Waals surface area contributed by atoms with E-state index >= 15 is 0 Å². The molecule has 0 fully saturated rings. The van der Waals surface area contributed by atoms with E-state index in [0.29, 0.717) is 43.3 Å². The summed E-state index contributed by atoms with van der Waals surface area (Å²) in [5.41, 5.74) is 3.16. The fraction of sp³-hybridized carbons (Fsp3) is 0.368. The first-order valence-electron chi connectivity index (χ1n) is 9.11. The first kappa shape index (κ1) is 17.3. The van der Waals surface area contributed by atoms with Crippen LogP contribution in [0.15, 0.2) is 35.2 Å². The highest BCUT2D eigenvalue weighted by atomic mass is 16.5. The maximum absolute atomic E-state index is 12.0. The zero-order chi connectivity index (χ0) is 18.5. The molecule has 0 saturated carbocycles. The number of fused-ring (bicyclic) bond motifs is 1. The lowest BCUT2D eigenvalue weighted by molar-refractivity contribution is -0.121. The monoisotopic (exact) mass is 364 g/mol. The Bertz CT molecular complexity index is 925. The van der Waals surface area contributed by atoms with Crippen LogP contribution < -0.4 is 5.32 Å². The number of pyridine rings is 1. The summed E-state index contributed by atoms with van der Waals surface area (Å²) in [5.74, 6) is 1.66. The van der Waals surface area contributed by atoms with Gasteiger partial charge >= 0.3 is 0 Å². The zero-order valence-electron chi connectivity index (χ0n) is 14.9. The van der Waals surface area contributed by atoms with Crippen LogP contribution in [0.25, 0.3) is 11.4 Å². The molecule has 1 aliphatic rings. The van der Waals surface area contributed by atoms with Crippen molar-refractivity contribution >= 4 is 5.91 Å². The van der Waals surface area contributed by atoms with E-state index in [1.807, 2.05) is 18.3 Å². The summed E-state index contributed by atoms with van der Waals surface area (Å²) in [4.78, 5) is 29.2. The van der Waals surface area contributed by atoms with Crippen LogP contribution in [0.4, 0.5) is 0 Å². The van der Waals surface area contributed by atoms with Crippen molar-refractivity contribution in [2.75, 3.05) is 0 Å². The molecule has 0 aromatic carbocycles. The van der Waals surface area contributed by atoms with E-state index < -0.39 is 0 Å². The number of aryl methyl sites for hydroxylation is 3. The van der Waals surface area contributed by atoms with Gasteiger partial charge in [0.2, 0.25) is 17.6 Å². The van der Waals surface area contributed by atoms with Gasteiger partial charge in [-0.25, -0.2) is 9.97 Å². The number of nitrogens with one attached hydrogen (secondary N) is 1. The van der Waals surface area contributed by atoms with Gasteiger partial charge in [-0.3, -0.25) is 9.78 Å². The molecule has 8 heteroatoms. The highest BCUT2D eigenvalue weighted by Crippen LogP contribution is 2.18. The Balaban J connectivity index is 1.21. The number of amides is 1. The van der Waals surface area contributed by atoms with Crippen molar-refractivity contribution in [1.82, 2.24) is 30.4 Å². The van der Waals surface area contributed by atoms with Crippen molar-refractivity contribution in [2.45, 2.75) is 45.1 Å². The molecular weight excluding hydrogens is 344 g/mol. The lowest BCUT2D eigenvalue weighted by Crippen LogP contribution is -2.24. The second-order valence-electron chi connectivity index (χ2n) is 6.50. The molecule has 138 valence electrons. The van der Waals surface area contributed by atoms with Gasteiger partial charge in [0.05, 0.1) is 6.54 Å². The van der Waals surface area contributed by atoms with Crippen molar-refractivity contribution in [1.29, 1.82) is 0 Å². The van der Waals surface area contributed by atoms with Crippen LogP contribution >= 0.6 is 0 Å². The number of aromatic nitrogens is 5. The fourth-order valence-corrected chi connectivity index (χ4v) is 3.08. The summed E-state index contributed by atoms with van der Waals surface area (Å²) in [6.45, 7) is 0.359. The van der Waals surface area contributed by atoms with Gasteiger partial charge in [0, 0.05) is 42.7 Å². The Morgan fingerprint density at radius 1 is 1.22 bits per heavy atom. The van der Waals surface area contributed by atoms with Gasteiger partial charge in [-0.1, -0.05) is 5.16 Å². The molecule has 3 aromatic heterocycles. The van der Waals surface area contributed by atoms with E-state index in [1.165, 1.54) is 5.56 Å². The van der Waals surface area contributed by atoms with Gasteiger partial charge < -0.3 is 9.84 Å². The van der Waals surface area contributed by atoms with E-state index in [0.717, 1.165) is 30.5 Å². The third-order valence-corrected chi connectivity index (χ3v) is 4.49. The summed E-state index contributed by atoms with van der Waals surface area (Å²) in [7, 11) is 0. The highest BCUT2D eigenvalue weighted by Gasteiger charge is 2.14. The molecule has 8 nitrogen and oxygen atoms in total. The third kappa shape index (κ3) is 4.33. The van der Waals surface area contributed by atoms with Crippen molar-refractivity contribution in [3.63, 3.8) is 0 Å². The van der Waals surface area contributed by atoms with Gasteiger partial charge in [0.15, 0.2) is 0 Å². The normalized spacial score (nSPS) is 12.7. The average Bonchev–Trinajstić information content (AvgIpc) is 3.36. The summed E-state index contributed by atoms with van der Waals surface area (Å²) in [5, 5.41) is 6.81. The van der Waals surface area contributed by atoms with Crippen LogP contribution in [0.5, 0.6) is 0 Å². The molecule has 0 atom stereocenters. The minimum absolute atomic E-state index is 0.0360. The van der Waals surface area contributed by atoms with Crippen LogP contribution in [0.2, 0.25) is 0 Å². The topological polar surface area (TPSA) is 107 Å². The van der Waals surface area contributed by atoms with Crippen LogP contribution in [0.3, 0.4) is 0 Å². The number of carbonyl (C=O) groups excluding carboxylic acids is 1. The Morgan fingerprint density at radius 2 is 2.19 bits per heavy atom. The molecule has 4 rings (SSSR count). The van der Waals surface area contributed by atoms with E-state index in [-0.39, 0.29) is 5.91 Å². The van der Waals surface area contributed by atoms with E-state index in [9.17, 15) is 4.79 Å². The van der Waals surface area contributed by atoms with Crippen molar-refractivity contribution in [3.8, 4) is 11.4 Å². The molecule has 3 heterocycles. The number of hydrogen-bond donors (Lipinski definition) is 1. The third-order valence-electron chi connectivity index (χ3n) is 4.49. The second-order valence-corrected chi connectivity index (χ2v) is 6.50. The van der Waals surface area contributed by atoms with Crippen LogP contribution in [0.1, 0.15) is 42.2 Å². The smallest absolute Gasteiger partial charge is 0.226 e. The molecule has 0 radical (unpaired) electrons. The first-order valence-corrected chi connectivity index (χ1v) is 9.11. The molecule has 0 unspecified atom stereocenters. The number of carbonyl (C=O) groups is 1. The predicted molar refractivity (Wildman–Crippen MR) is 96.4 cm³/mol. The fourth-order valence-electron chi connectivity index (χ4n) is 3.08. The maximum Gasteiger partial charge on any atom is 0.226 e. The Labute approximate surface area is 156 Å². The second kappa shape index (κ2) is 8.03. The average molecular weight is 364 g/mol. The van der Waals surface area contributed by atoms with Crippen molar-refractivity contribution in [3.05, 3.63) is 53.7 Å². The number of hydrogen-bond acceptors (Lipinski definition) is 7. The SMILES string of the molecule is O=C(CCCc1nc(-c2cccnc2)no1)NCc1ncc2c(n1)CCC2. The van der Waals surface area contributed by atoms with Gasteiger partial charge in [-0.2, -0.15) is 4.98 Å². The first-order chi connectivity index (χ1) is 13.3. The van der Waals surface area contributed by atoms with Crippen LogP contribution in [0, 0.1) is 0 Å². The van der Waals surface area contributed by atoms with E-state index in [1.54, 1.807) is 12.4 Å². The highest BCUT2D eigenvalue weighted by molar-refractivity contribution is 5.75. The molecule has 0 spiro atoms. The summed E-state index contributed by atoms with van der Waals surface area (Å²) >= 11 is 0. The maximum atomic E-state index is 12.0. The van der Waals surface area contributed by atoms with Gasteiger partial charge in [-0.05, 0) is 43.4 Å². The molecule has 1 aliphatic carbocycles. The quantitative estimate of drug-likeness (QED) is 0.684. The summed E-state index contributed by atoms with van der Waals surface area (Å²) in [6, 6.07) is 3.69. The molecule has 0 saturated heterocycles. The molecule has 3 aromatic rings. The van der Waals surface area contributed by atoms with Crippen LogP contribution in [-0.4, -0.2) is 31.0 Å². The Kier molecular flexibility index (Phi) is 5.13. The standard InChI is InChI=1S/C19H20N6O2/c26-17(22-12-16-21-11-13-4-1-6-15(13)23-16)7-2-8-18-24-19(25-27-18)14-5-3-9-20-10-14/h3,5,9-11H,1-2,4,6-8,12H2,(H,22,26). The van der Waals surface area contributed by atoms with Crippen LogP contribution in [-0.2, 0) is 30.6 Å². The molecule has 1 N–H and O–H groups in total. The number of nitrogens with zero attached hydrogens (tertiary/aromatic N) is 5. The summed E-state index contributed by atoms with van der Waals surface area (Å²) < 4.78 is 5.23. The van der Waals surface area contributed by atoms with Gasteiger partial charge in [-0.15, -0.1) is 0 Å². The largest absolute Gasteiger partial charge is 0.349 e. The van der Waals surface area contributed by atoms with E-state index in [4.69, 9.17) is 4.52 Å². The molecule has 27 heavy (non-hydrogen) atoms. The molecule has 1 amide bonds.